The van der Waals surface area contributed by atoms with Gasteiger partial charge in [-0.05, 0) is 108 Å². The summed E-state index contributed by atoms with van der Waals surface area (Å²) in [7, 11) is -8.29. The lowest BCUT2D eigenvalue weighted by Crippen LogP contribution is -2.30. The zero-order valence-electron chi connectivity index (χ0n) is 39.3. The molecule has 0 unspecified atom stereocenters. The van der Waals surface area contributed by atoms with Crippen LogP contribution in [0, 0.1) is 0 Å². The van der Waals surface area contributed by atoms with Crippen molar-refractivity contribution in [2.24, 2.45) is 0 Å². The van der Waals surface area contributed by atoms with E-state index in [2.05, 4.69) is 141 Å². The fourth-order valence-corrected chi connectivity index (χ4v) is 12.5. The molecule has 0 saturated carbocycles. The van der Waals surface area contributed by atoms with Crippen molar-refractivity contribution < 1.29 is 26.0 Å². The molecule has 9 rings (SSSR count). The highest BCUT2D eigenvalue weighted by Gasteiger charge is 2.46. The Morgan fingerprint density at radius 2 is 1.28 bits per heavy atom. The predicted molar refractivity (Wildman–Crippen MR) is 277 cm³/mol. The van der Waals surface area contributed by atoms with Crippen molar-refractivity contribution in [2.75, 3.05) is 34.3 Å². The van der Waals surface area contributed by atoms with Crippen molar-refractivity contribution >= 4 is 75.6 Å². The first-order valence-corrected chi connectivity index (χ1v) is 26.9. The van der Waals surface area contributed by atoms with Crippen LogP contribution in [-0.2, 0) is 31.0 Å². The Morgan fingerprint density at radius 3 is 1.96 bits per heavy atom. The van der Waals surface area contributed by atoms with Crippen molar-refractivity contribution in [2.45, 2.75) is 77.6 Å². The number of hydrogen-bond donors (Lipinski definition) is 0. The van der Waals surface area contributed by atoms with Gasteiger partial charge in [-0.3, -0.25) is 0 Å². The zero-order valence-corrected chi connectivity index (χ0v) is 40.9. The second kappa shape index (κ2) is 17.9. The van der Waals surface area contributed by atoms with E-state index in [1.54, 1.807) is 0 Å². The van der Waals surface area contributed by atoms with Crippen LogP contribution in [0.3, 0.4) is 0 Å². The molecule has 2 aliphatic heterocycles. The largest absolute Gasteiger partial charge is 0.748 e. The molecule has 0 spiro atoms. The summed E-state index contributed by atoms with van der Waals surface area (Å²) in [5.41, 5.74) is 10.4. The maximum absolute atomic E-state index is 14.4. The summed E-state index contributed by atoms with van der Waals surface area (Å²) in [6.45, 7) is 12.6. The molecule has 344 valence electrons. The Bertz CT molecular complexity index is 3320. The Morgan fingerprint density at radius 1 is 0.657 bits per heavy atom. The molecule has 0 atom stereocenters. The minimum Gasteiger partial charge on any atom is -0.748 e. The summed E-state index contributed by atoms with van der Waals surface area (Å²) in [5, 5.41) is 4.69. The molecule has 0 radical (unpaired) electrons. The van der Waals surface area contributed by atoms with E-state index in [9.17, 15) is 21.4 Å². The van der Waals surface area contributed by atoms with Crippen molar-refractivity contribution in [3.63, 3.8) is 0 Å². The van der Waals surface area contributed by atoms with Crippen LogP contribution in [0.1, 0.15) is 89.0 Å². The molecule has 0 saturated heterocycles. The third-order valence-electron chi connectivity index (χ3n) is 13.9. The summed E-state index contributed by atoms with van der Waals surface area (Å²) in [4.78, 5) is 2.25. The molecule has 1 aliphatic carbocycles. The minimum absolute atomic E-state index is 0.240. The van der Waals surface area contributed by atoms with Crippen LogP contribution in [0.2, 0.25) is 0 Å². The van der Waals surface area contributed by atoms with E-state index in [-0.39, 0.29) is 11.8 Å². The van der Waals surface area contributed by atoms with Crippen molar-refractivity contribution in [1.82, 2.24) is 0 Å². The number of para-hydroxylation sites is 1. The number of hydrogen-bond acceptors (Lipinski definition) is 6. The highest BCUT2D eigenvalue weighted by molar-refractivity contribution is 7.92. The molecule has 67 heavy (non-hydrogen) atoms. The molecular formula is C57H59N3O5S2. The number of rotatable bonds is 15. The summed E-state index contributed by atoms with van der Waals surface area (Å²) in [6, 6.07) is 43.1. The Hall–Kier alpha value is -6.07. The number of allylic oxidation sites excluding steroid dienone is 7. The van der Waals surface area contributed by atoms with Gasteiger partial charge in [0, 0.05) is 64.4 Å². The van der Waals surface area contributed by atoms with Crippen LogP contribution in [0.25, 0.3) is 32.7 Å². The summed E-state index contributed by atoms with van der Waals surface area (Å²) >= 11 is 0. The van der Waals surface area contributed by atoms with Gasteiger partial charge in [0.1, 0.15) is 6.54 Å². The molecule has 6 aromatic carbocycles. The second-order valence-electron chi connectivity index (χ2n) is 19.1. The van der Waals surface area contributed by atoms with Gasteiger partial charge in [-0.15, -0.1) is 0 Å². The van der Waals surface area contributed by atoms with Gasteiger partial charge in [-0.25, -0.2) is 21.1 Å². The van der Waals surface area contributed by atoms with Crippen LogP contribution in [0.5, 0.6) is 0 Å². The minimum atomic E-state index is -4.36. The van der Waals surface area contributed by atoms with Crippen LogP contribution in [0.4, 0.5) is 17.1 Å². The highest BCUT2D eigenvalue weighted by atomic mass is 32.2. The van der Waals surface area contributed by atoms with E-state index in [4.69, 9.17) is 0 Å². The van der Waals surface area contributed by atoms with Crippen molar-refractivity contribution in [1.29, 1.82) is 0 Å². The van der Waals surface area contributed by atoms with Gasteiger partial charge in [-0.1, -0.05) is 130 Å². The summed E-state index contributed by atoms with van der Waals surface area (Å²) in [5.74, 6) is -0.421. The van der Waals surface area contributed by atoms with E-state index in [1.807, 2.05) is 54.6 Å². The Kier molecular flexibility index (Phi) is 12.3. The molecule has 0 fully saturated rings. The second-order valence-corrected chi connectivity index (χ2v) is 22.5. The van der Waals surface area contributed by atoms with Gasteiger partial charge in [0.25, 0.3) is 0 Å². The molecule has 10 heteroatoms. The summed E-state index contributed by atoms with van der Waals surface area (Å²) < 4.78 is 67.8. The monoisotopic (exact) mass is 929 g/mol. The van der Waals surface area contributed by atoms with Gasteiger partial charge in [0.2, 0.25) is 15.7 Å². The number of fused-ring (bicyclic) bond motifs is 7. The predicted octanol–water partition coefficient (Wildman–Crippen LogP) is 12.4. The number of nitrogens with zero attached hydrogens (tertiary/aromatic N) is 3. The molecule has 0 bridgehead atoms. The van der Waals surface area contributed by atoms with Gasteiger partial charge < -0.3 is 9.45 Å². The fraction of sp³-hybridized carbons (Fsp3) is 0.281. The lowest BCUT2D eigenvalue weighted by molar-refractivity contribution is -0.438. The average molecular weight is 930 g/mol. The van der Waals surface area contributed by atoms with Crippen LogP contribution in [0.15, 0.2) is 163 Å². The number of sulfonamides is 1. The SMILES string of the molecule is CCCCC[N+]1=C(/C=C/C2=C(N(c3ccccc3)S(C)(=O)=O)C(=C/C=C3/N(CCCCS(=O)(=O)[O-])c4ccc5ccccc5c4C3(C)C)/c3ccccc32)C(C)(C)c2c1ccc1ccccc21. The smallest absolute Gasteiger partial charge is 0.236 e. The first kappa shape index (κ1) is 46.1. The van der Waals surface area contributed by atoms with E-state index >= 15 is 0 Å². The molecule has 3 aliphatic rings. The quantitative estimate of drug-likeness (QED) is 0.0578. The fourth-order valence-electron chi connectivity index (χ4n) is 10.9. The first-order chi connectivity index (χ1) is 32.0. The molecular weight excluding hydrogens is 871 g/mol. The molecule has 2 heterocycles. The lowest BCUT2D eigenvalue weighted by atomic mass is 9.79. The van der Waals surface area contributed by atoms with E-state index in [1.165, 1.54) is 32.6 Å². The Balaban J connectivity index is 1.26. The maximum Gasteiger partial charge on any atom is 0.236 e. The van der Waals surface area contributed by atoms with E-state index < -0.39 is 31.3 Å². The maximum atomic E-state index is 14.4. The summed E-state index contributed by atoms with van der Waals surface area (Å²) in [6.07, 6.45) is 13.8. The van der Waals surface area contributed by atoms with Gasteiger partial charge in [-0.2, -0.15) is 4.58 Å². The first-order valence-electron chi connectivity index (χ1n) is 23.4. The highest BCUT2D eigenvalue weighted by Crippen LogP contribution is 2.52. The molecule has 0 amide bonds. The number of benzene rings is 6. The third kappa shape index (κ3) is 8.49. The molecule has 6 aromatic rings. The van der Waals surface area contributed by atoms with Crippen LogP contribution < -0.4 is 9.21 Å². The number of unbranched alkanes of at least 4 members (excludes halogenated alkanes) is 3. The zero-order chi connectivity index (χ0) is 47.3. The molecule has 0 aromatic heterocycles. The van der Waals surface area contributed by atoms with Crippen molar-refractivity contribution in [3.8, 4) is 0 Å². The average Bonchev–Trinajstić information content (AvgIpc) is 3.80. The number of anilines is 2. The van der Waals surface area contributed by atoms with Gasteiger partial charge in [0.05, 0.1) is 33.2 Å². The van der Waals surface area contributed by atoms with Crippen molar-refractivity contribution in [3.05, 3.63) is 185 Å². The van der Waals surface area contributed by atoms with Crippen LogP contribution in [-0.4, -0.2) is 56.8 Å². The molecule has 0 N–H and O–H groups in total. The normalized spacial score (nSPS) is 17.7. The van der Waals surface area contributed by atoms with Crippen LogP contribution >= 0.6 is 0 Å². The topological polar surface area (TPSA) is 101 Å². The van der Waals surface area contributed by atoms with E-state index in [0.29, 0.717) is 24.4 Å². The van der Waals surface area contributed by atoms with Gasteiger partial charge >= 0.3 is 0 Å². The molecule has 8 nitrogen and oxygen atoms in total. The Labute approximate surface area is 396 Å². The lowest BCUT2D eigenvalue weighted by Gasteiger charge is -2.28. The standard InChI is InChI=1S/C57H59N3O5S2/c1-7-8-18-37-58-49-33-29-40-21-12-14-25-43(40)53(49)56(2,3)51(58)35-31-47-45-27-16-17-28-46(45)48(55(47)60(66(6,61)62)42-23-10-9-11-24-42)32-36-52-57(4,5)54-44-26-15-13-22-41(44)30-34-50(54)59(52)38-19-20-39-67(63,64)65/h9-17,21-36H,7-8,18-20,37-39H2,1-6H3. The van der Waals surface area contributed by atoms with E-state index in [0.717, 1.165) is 81.5 Å². The third-order valence-corrected chi connectivity index (χ3v) is 15.7. The van der Waals surface area contributed by atoms with Gasteiger partial charge in [0.15, 0.2) is 5.71 Å².